The van der Waals surface area contributed by atoms with Gasteiger partial charge >= 0.3 is 12.0 Å². The molecule has 1 unspecified atom stereocenters. The largest absolute Gasteiger partial charge is 0.480 e. The zero-order chi connectivity index (χ0) is 13.1. The second-order valence-electron chi connectivity index (χ2n) is 5.13. The lowest BCUT2D eigenvalue weighted by atomic mass is 10.2. The van der Waals surface area contributed by atoms with Crippen LogP contribution in [0.15, 0.2) is 0 Å². The number of nitrogens with zero attached hydrogens (tertiary/aromatic N) is 1. The molecule has 2 rings (SSSR count). The Labute approximate surface area is 107 Å². The van der Waals surface area contributed by atoms with Gasteiger partial charge in [0.05, 0.1) is 6.54 Å². The molecule has 2 aliphatic carbocycles. The summed E-state index contributed by atoms with van der Waals surface area (Å²) in [6.07, 6.45) is 9.23. The molecule has 2 saturated carbocycles. The van der Waals surface area contributed by atoms with Crippen molar-refractivity contribution in [3.8, 4) is 12.3 Å². The van der Waals surface area contributed by atoms with E-state index in [0.717, 1.165) is 25.7 Å². The molecule has 0 spiro atoms. The predicted molar refractivity (Wildman–Crippen MR) is 65.8 cm³/mol. The molecule has 5 heteroatoms. The summed E-state index contributed by atoms with van der Waals surface area (Å²) in [5.74, 6) is 2.11. The number of carboxylic acid groups (broad SMARTS) is 1. The van der Waals surface area contributed by atoms with E-state index in [1.807, 2.05) is 0 Å². The minimum absolute atomic E-state index is 0.0834. The van der Waals surface area contributed by atoms with Gasteiger partial charge in [0, 0.05) is 6.54 Å². The lowest BCUT2D eigenvalue weighted by Gasteiger charge is -2.23. The highest BCUT2D eigenvalue weighted by Gasteiger charge is 2.38. The standard InChI is InChI=1S/C13H18N2O3/c1-2-7-15(8-9-3-4-9)13(18)14-11(12(16)17)10-5-6-10/h1,9-11H,3-8H2,(H,14,18)(H,16,17). The first kappa shape index (κ1) is 12.7. The first-order chi connectivity index (χ1) is 8.61. The molecule has 0 aromatic carbocycles. The van der Waals surface area contributed by atoms with E-state index in [-0.39, 0.29) is 18.5 Å². The lowest BCUT2D eigenvalue weighted by Crippen LogP contribution is -2.49. The summed E-state index contributed by atoms with van der Waals surface area (Å²) in [5, 5.41) is 11.7. The molecule has 0 aliphatic heterocycles. The molecule has 98 valence electrons. The van der Waals surface area contributed by atoms with Crippen LogP contribution in [-0.4, -0.2) is 41.1 Å². The first-order valence-corrected chi connectivity index (χ1v) is 6.33. The van der Waals surface area contributed by atoms with Crippen molar-refractivity contribution in [3.63, 3.8) is 0 Å². The third-order valence-corrected chi connectivity index (χ3v) is 3.38. The van der Waals surface area contributed by atoms with Crippen molar-refractivity contribution in [2.75, 3.05) is 13.1 Å². The monoisotopic (exact) mass is 250 g/mol. The summed E-state index contributed by atoms with van der Waals surface area (Å²) in [5.41, 5.74) is 0. The zero-order valence-electron chi connectivity index (χ0n) is 10.3. The van der Waals surface area contributed by atoms with E-state index in [9.17, 15) is 9.59 Å². The summed E-state index contributed by atoms with van der Waals surface area (Å²) in [6, 6.07) is -1.11. The van der Waals surface area contributed by atoms with Crippen molar-refractivity contribution < 1.29 is 14.7 Å². The molecule has 2 amide bonds. The highest BCUT2D eigenvalue weighted by Crippen LogP contribution is 2.33. The normalized spacial score (nSPS) is 19.7. The van der Waals surface area contributed by atoms with E-state index in [1.54, 1.807) is 0 Å². The third kappa shape index (κ3) is 3.39. The highest BCUT2D eigenvalue weighted by molar-refractivity contribution is 5.83. The van der Waals surface area contributed by atoms with Crippen LogP contribution in [0.5, 0.6) is 0 Å². The van der Waals surface area contributed by atoms with Gasteiger partial charge in [-0.3, -0.25) is 0 Å². The summed E-state index contributed by atoms with van der Waals surface area (Å²) >= 11 is 0. The van der Waals surface area contributed by atoms with Crippen molar-refractivity contribution in [1.82, 2.24) is 10.2 Å². The van der Waals surface area contributed by atoms with Crippen LogP contribution in [-0.2, 0) is 4.79 Å². The molecule has 0 heterocycles. The number of terminal acetylenes is 1. The number of amides is 2. The lowest BCUT2D eigenvalue weighted by molar-refractivity contribution is -0.139. The fourth-order valence-electron chi connectivity index (χ4n) is 1.98. The van der Waals surface area contributed by atoms with Crippen molar-refractivity contribution in [2.45, 2.75) is 31.7 Å². The number of hydrogen-bond donors (Lipinski definition) is 2. The minimum Gasteiger partial charge on any atom is -0.480 e. The number of carbonyl (C=O) groups is 2. The average Bonchev–Trinajstić information content (AvgIpc) is 3.16. The highest BCUT2D eigenvalue weighted by atomic mass is 16.4. The fraction of sp³-hybridized carbons (Fsp3) is 0.692. The number of nitrogens with one attached hydrogen (secondary N) is 1. The van der Waals surface area contributed by atoms with Crippen LogP contribution in [0.1, 0.15) is 25.7 Å². The Kier molecular flexibility index (Phi) is 3.75. The van der Waals surface area contributed by atoms with Gasteiger partial charge in [0.25, 0.3) is 0 Å². The number of carbonyl (C=O) groups excluding carboxylic acids is 1. The van der Waals surface area contributed by atoms with Gasteiger partial charge in [-0.1, -0.05) is 5.92 Å². The summed E-state index contributed by atoms with van der Waals surface area (Å²) in [4.78, 5) is 24.6. The van der Waals surface area contributed by atoms with E-state index in [1.165, 1.54) is 4.90 Å². The average molecular weight is 250 g/mol. The van der Waals surface area contributed by atoms with Crippen LogP contribution >= 0.6 is 0 Å². The molecule has 0 aromatic rings. The Balaban J connectivity index is 1.89. The second kappa shape index (κ2) is 5.30. The smallest absolute Gasteiger partial charge is 0.326 e. The number of hydrogen-bond acceptors (Lipinski definition) is 2. The van der Waals surface area contributed by atoms with E-state index in [4.69, 9.17) is 11.5 Å². The number of carboxylic acids is 1. The first-order valence-electron chi connectivity index (χ1n) is 6.33. The Morgan fingerprint density at radius 3 is 2.50 bits per heavy atom. The molecule has 2 aliphatic rings. The molecule has 2 fully saturated rings. The fourth-order valence-corrected chi connectivity index (χ4v) is 1.98. The number of rotatable bonds is 6. The summed E-state index contributed by atoms with van der Waals surface area (Å²) < 4.78 is 0. The molecular formula is C13H18N2O3. The zero-order valence-corrected chi connectivity index (χ0v) is 10.3. The summed E-state index contributed by atoms with van der Waals surface area (Å²) in [7, 11) is 0. The Morgan fingerprint density at radius 2 is 2.06 bits per heavy atom. The van der Waals surface area contributed by atoms with Crippen molar-refractivity contribution in [2.24, 2.45) is 11.8 Å². The maximum absolute atomic E-state index is 12.0. The number of urea groups is 1. The minimum atomic E-state index is -0.960. The molecule has 0 aromatic heterocycles. The van der Waals surface area contributed by atoms with Gasteiger partial charge < -0.3 is 15.3 Å². The predicted octanol–water partition coefficient (Wildman–Crippen LogP) is 0.904. The topological polar surface area (TPSA) is 69.6 Å². The van der Waals surface area contributed by atoms with Crippen LogP contribution in [0.3, 0.4) is 0 Å². The molecule has 1 atom stereocenters. The van der Waals surface area contributed by atoms with Crippen molar-refractivity contribution >= 4 is 12.0 Å². The molecule has 5 nitrogen and oxygen atoms in total. The van der Waals surface area contributed by atoms with Gasteiger partial charge in [0.1, 0.15) is 6.04 Å². The van der Waals surface area contributed by atoms with Crippen molar-refractivity contribution in [1.29, 1.82) is 0 Å². The second-order valence-corrected chi connectivity index (χ2v) is 5.13. The van der Waals surface area contributed by atoms with E-state index < -0.39 is 12.0 Å². The van der Waals surface area contributed by atoms with Crippen molar-refractivity contribution in [3.05, 3.63) is 0 Å². The van der Waals surface area contributed by atoms with E-state index in [0.29, 0.717) is 12.5 Å². The van der Waals surface area contributed by atoms with Gasteiger partial charge in [0.15, 0.2) is 0 Å². The van der Waals surface area contributed by atoms with Crippen LogP contribution in [0.2, 0.25) is 0 Å². The molecule has 2 N–H and O–H groups in total. The van der Waals surface area contributed by atoms with Gasteiger partial charge in [-0.25, -0.2) is 9.59 Å². The summed E-state index contributed by atoms with van der Waals surface area (Å²) in [6.45, 7) is 0.867. The van der Waals surface area contributed by atoms with Gasteiger partial charge in [-0.05, 0) is 37.5 Å². The quantitative estimate of drug-likeness (QED) is 0.688. The number of aliphatic carboxylic acids is 1. The Morgan fingerprint density at radius 1 is 1.39 bits per heavy atom. The van der Waals surface area contributed by atoms with Crippen LogP contribution in [0, 0.1) is 24.2 Å². The van der Waals surface area contributed by atoms with Gasteiger partial charge in [-0.2, -0.15) is 0 Å². The van der Waals surface area contributed by atoms with Crippen LogP contribution < -0.4 is 5.32 Å². The van der Waals surface area contributed by atoms with E-state index in [2.05, 4.69) is 11.2 Å². The molecule has 0 radical (unpaired) electrons. The van der Waals surface area contributed by atoms with Crippen LogP contribution in [0.4, 0.5) is 4.79 Å². The SMILES string of the molecule is C#CCN(CC1CC1)C(=O)NC(C(=O)O)C1CC1. The van der Waals surface area contributed by atoms with Crippen LogP contribution in [0.25, 0.3) is 0 Å². The molecule has 0 bridgehead atoms. The Bertz CT molecular complexity index is 380. The maximum atomic E-state index is 12.0. The molecular weight excluding hydrogens is 232 g/mol. The van der Waals surface area contributed by atoms with Gasteiger partial charge in [0.2, 0.25) is 0 Å². The Hall–Kier alpha value is -1.70. The van der Waals surface area contributed by atoms with E-state index >= 15 is 0 Å². The third-order valence-electron chi connectivity index (χ3n) is 3.38. The van der Waals surface area contributed by atoms with Gasteiger partial charge in [-0.15, -0.1) is 6.42 Å². The molecule has 0 saturated heterocycles. The molecule has 18 heavy (non-hydrogen) atoms. The maximum Gasteiger partial charge on any atom is 0.326 e.